The van der Waals surface area contributed by atoms with E-state index in [1.165, 1.54) is 0 Å². The van der Waals surface area contributed by atoms with Crippen LogP contribution in [0.25, 0.3) is 0 Å². The molecule has 1 atom stereocenters. The van der Waals surface area contributed by atoms with Crippen molar-refractivity contribution in [2.45, 2.75) is 13.0 Å². The highest BCUT2D eigenvalue weighted by atomic mass is 35.5. The lowest BCUT2D eigenvalue weighted by Crippen LogP contribution is -2.32. The fourth-order valence-electron chi connectivity index (χ4n) is 1.03. The van der Waals surface area contributed by atoms with Gasteiger partial charge in [0.25, 0.3) is 0 Å². The molecule has 1 rings (SSSR count). The van der Waals surface area contributed by atoms with Crippen molar-refractivity contribution >= 4 is 23.1 Å². The summed E-state index contributed by atoms with van der Waals surface area (Å²) in [4.78, 5) is 5.92. The zero-order valence-electron chi connectivity index (χ0n) is 8.24. The van der Waals surface area contributed by atoms with Crippen molar-refractivity contribution in [1.29, 1.82) is 0 Å². The van der Waals surface area contributed by atoms with Crippen LogP contribution in [-0.2, 0) is 0 Å². The average Bonchev–Trinajstić information content (AvgIpc) is 2.14. The second-order valence-corrected chi connectivity index (χ2v) is 3.61. The molecule has 3 N–H and O–H groups in total. The Morgan fingerprint density at radius 2 is 2.29 bits per heavy atom. The summed E-state index contributed by atoms with van der Waals surface area (Å²) < 4.78 is 0. The Morgan fingerprint density at radius 1 is 1.64 bits per heavy atom. The summed E-state index contributed by atoms with van der Waals surface area (Å²) in [6, 6.07) is 3.29. The van der Waals surface area contributed by atoms with Crippen LogP contribution in [0, 0.1) is 0 Å². The van der Waals surface area contributed by atoms with Gasteiger partial charge in [0.2, 0.25) is 0 Å². The monoisotopic (exact) mass is 215 g/mol. The lowest BCUT2D eigenvalue weighted by Gasteiger charge is -2.24. The molecule has 78 valence electrons. The molecule has 0 spiro atoms. The first-order chi connectivity index (χ1) is 6.54. The number of aliphatic hydroxyl groups is 1. The summed E-state index contributed by atoms with van der Waals surface area (Å²) in [5.74, 6) is 0.663. The van der Waals surface area contributed by atoms with Gasteiger partial charge in [-0.1, -0.05) is 11.6 Å². The molecule has 0 aliphatic rings. The molecule has 5 heteroatoms. The maximum atomic E-state index is 8.97. The molecule has 0 aliphatic carbocycles. The summed E-state index contributed by atoms with van der Waals surface area (Å²) in [6.45, 7) is 1.95. The Kier molecular flexibility index (Phi) is 3.55. The van der Waals surface area contributed by atoms with Crippen molar-refractivity contribution in [2.24, 2.45) is 0 Å². The molecule has 1 aromatic heterocycles. The van der Waals surface area contributed by atoms with Gasteiger partial charge in [0.05, 0.1) is 12.6 Å². The largest absolute Gasteiger partial charge is 0.399 e. The van der Waals surface area contributed by atoms with E-state index in [1.54, 1.807) is 12.1 Å². The number of pyridine rings is 1. The number of likely N-dealkylation sites (N-methyl/N-ethyl adjacent to an activating group) is 1. The number of hydrogen-bond donors (Lipinski definition) is 2. The van der Waals surface area contributed by atoms with E-state index in [0.29, 0.717) is 16.7 Å². The van der Waals surface area contributed by atoms with Gasteiger partial charge in [-0.3, -0.25) is 0 Å². The second-order valence-electron chi connectivity index (χ2n) is 3.22. The van der Waals surface area contributed by atoms with Crippen molar-refractivity contribution in [3.8, 4) is 0 Å². The number of aliphatic hydroxyl groups excluding tert-OH is 1. The van der Waals surface area contributed by atoms with Gasteiger partial charge >= 0.3 is 0 Å². The highest BCUT2D eigenvalue weighted by molar-refractivity contribution is 6.29. The zero-order chi connectivity index (χ0) is 10.7. The van der Waals surface area contributed by atoms with Gasteiger partial charge in [-0.25, -0.2) is 4.98 Å². The predicted molar refractivity (Wildman–Crippen MR) is 58.6 cm³/mol. The summed E-state index contributed by atoms with van der Waals surface area (Å²) >= 11 is 5.76. The minimum atomic E-state index is -0.0135. The molecule has 0 bridgehead atoms. The number of halogens is 1. The van der Waals surface area contributed by atoms with Gasteiger partial charge in [-0.15, -0.1) is 0 Å². The summed E-state index contributed by atoms with van der Waals surface area (Å²) in [5.41, 5.74) is 6.19. The van der Waals surface area contributed by atoms with Crippen LogP contribution in [0.1, 0.15) is 6.92 Å². The van der Waals surface area contributed by atoms with Crippen molar-refractivity contribution in [2.75, 3.05) is 24.3 Å². The lowest BCUT2D eigenvalue weighted by molar-refractivity contribution is 0.270. The molecule has 0 aliphatic heterocycles. The topological polar surface area (TPSA) is 62.4 Å². The van der Waals surface area contributed by atoms with E-state index < -0.39 is 0 Å². The fraction of sp³-hybridized carbons (Fsp3) is 0.444. The van der Waals surface area contributed by atoms with Crippen molar-refractivity contribution in [3.63, 3.8) is 0 Å². The Hall–Kier alpha value is -1.00. The van der Waals surface area contributed by atoms with E-state index >= 15 is 0 Å². The van der Waals surface area contributed by atoms with Gasteiger partial charge in [0.15, 0.2) is 0 Å². The molecule has 0 radical (unpaired) electrons. The number of anilines is 2. The Bertz CT molecular complexity index is 299. The van der Waals surface area contributed by atoms with Gasteiger partial charge in [0.1, 0.15) is 11.0 Å². The van der Waals surface area contributed by atoms with Crippen LogP contribution in [0.2, 0.25) is 5.15 Å². The van der Waals surface area contributed by atoms with Crippen LogP contribution in [0.15, 0.2) is 12.1 Å². The summed E-state index contributed by atoms with van der Waals surface area (Å²) in [7, 11) is 1.83. The quantitative estimate of drug-likeness (QED) is 0.743. The smallest absolute Gasteiger partial charge is 0.133 e. The molecule has 0 saturated heterocycles. The first kappa shape index (κ1) is 11.1. The third-order valence-electron chi connectivity index (χ3n) is 2.09. The molecular weight excluding hydrogens is 202 g/mol. The SMILES string of the molecule is C[C@@H](CO)N(C)c1cc(N)cc(Cl)n1. The van der Waals surface area contributed by atoms with Crippen LogP contribution in [0.5, 0.6) is 0 Å². The van der Waals surface area contributed by atoms with Crippen molar-refractivity contribution < 1.29 is 5.11 Å². The Labute approximate surface area is 88.3 Å². The van der Waals surface area contributed by atoms with Gasteiger partial charge < -0.3 is 15.7 Å². The third kappa shape index (κ3) is 2.49. The lowest BCUT2D eigenvalue weighted by atomic mass is 10.3. The average molecular weight is 216 g/mol. The van der Waals surface area contributed by atoms with Crippen LogP contribution in [0.3, 0.4) is 0 Å². The maximum absolute atomic E-state index is 8.97. The van der Waals surface area contributed by atoms with Gasteiger partial charge in [0, 0.05) is 18.8 Å². The summed E-state index contributed by atoms with van der Waals surface area (Å²) in [6.07, 6.45) is 0. The van der Waals surface area contributed by atoms with E-state index in [9.17, 15) is 0 Å². The van der Waals surface area contributed by atoms with Gasteiger partial charge in [-0.05, 0) is 13.0 Å². The highest BCUT2D eigenvalue weighted by Crippen LogP contribution is 2.19. The van der Waals surface area contributed by atoms with E-state index in [1.807, 2.05) is 18.9 Å². The maximum Gasteiger partial charge on any atom is 0.133 e. The highest BCUT2D eigenvalue weighted by Gasteiger charge is 2.10. The van der Waals surface area contributed by atoms with Crippen LogP contribution < -0.4 is 10.6 Å². The van der Waals surface area contributed by atoms with Gasteiger partial charge in [-0.2, -0.15) is 0 Å². The van der Waals surface area contributed by atoms with E-state index in [-0.39, 0.29) is 12.6 Å². The van der Waals surface area contributed by atoms with Crippen LogP contribution in [-0.4, -0.2) is 29.8 Å². The number of aromatic nitrogens is 1. The zero-order valence-corrected chi connectivity index (χ0v) is 8.99. The molecule has 4 nitrogen and oxygen atoms in total. The minimum absolute atomic E-state index is 0.0135. The van der Waals surface area contributed by atoms with E-state index in [0.717, 1.165) is 0 Å². The van der Waals surface area contributed by atoms with Crippen LogP contribution in [0.4, 0.5) is 11.5 Å². The number of nitrogen functional groups attached to an aromatic ring is 1. The number of rotatable bonds is 3. The molecule has 0 unspecified atom stereocenters. The first-order valence-corrected chi connectivity index (χ1v) is 4.69. The molecule has 1 aromatic rings. The Morgan fingerprint density at radius 3 is 2.79 bits per heavy atom. The minimum Gasteiger partial charge on any atom is -0.399 e. The molecule has 1 heterocycles. The predicted octanol–water partition coefficient (Wildman–Crippen LogP) is 1.13. The van der Waals surface area contributed by atoms with Crippen molar-refractivity contribution in [1.82, 2.24) is 4.98 Å². The van der Waals surface area contributed by atoms with E-state index in [2.05, 4.69) is 4.98 Å². The number of hydrogen-bond acceptors (Lipinski definition) is 4. The van der Waals surface area contributed by atoms with E-state index in [4.69, 9.17) is 22.4 Å². The first-order valence-electron chi connectivity index (χ1n) is 4.31. The number of nitrogens with zero attached hydrogens (tertiary/aromatic N) is 2. The fourth-order valence-corrected chi connectivity index (χ4v) is 1.24. The second kappa shape index (κ2) is 4.48. The molecule has 0 fully saturated rings. The number of nitrogens with two attached hydrogens (primary N) is 1. The van der Waals surface area contributed by atoms with Crippen molar-refractivity contribution in [3.05, 3.63) is 17.3 Å². The normalized spacial score (nSPS) is 12.6. The van der Waals surface area contributed by atoms with Crippen LogP contribution >= 0.6 is 11.6 Å². The Balaban J connectivity index is 2.94. The summed E-state index contributed by atoms with van der Waals surface area (Å²) in [5, 5.41) is 9.33. The standard InChI is InChI=1S/C9H14ClN3O/c1-6(5-14)13(2)9-4-7(11)3-8(10)12-9/h3-4,6,14H,5H2,1-2H3,(H2,11,12)/t6-/m0/s1. The molecule has 14 heavy (non-hydrogen) atoms. The molecular formula is C9H14ClN3O. The molecule has 0 aromatic carbocycles. The molecule has 0 amide bonds. The molecule has 0 saturated carbocycles. The third-order valence-corrected chi connectivity index (χ3v) is 2.28.